The number of hydrogen-bond donors (Lipinski definition) is 1. The number of piperazine rings is 1. The maximum atomic E-state index is 12.8. The lowest BCUT2D eigenvalue weighted by Crippen LogP contribution is -2.51. The van der Waals surface area contributed by atoms with E-state index < -0.39 is 0 Å². The van der Waals surface area contributed by atoms with Crippen molar-refractivity contribution in [3.63, 3.8) is 0 Å². The Morgan fingerprint density at radius 2 is 1.63 bits per heavy atom. The van der Waals surface area contributed by atoms with Crippen LogP contribution in [0, 0.1) is 0 Å². The Hall–Kier alpha value is -2.67. The van der Waals surface area contributed by atoms with Gasteiger partial charge in [0, 0.05) is 44.7 Å². The van der Waals surface area contributed by atoms with Gasteiger partial charge >= 0.3 is 0 Å². The number of nitrogens with one attached hydrogen (secondary N) is 1. The maximum absolute atomic E-state index is 12.8. The summed E-state index contributed by atoms with van der Waals surface area (Å²) >= 11 is 0. The summed E-state index contributed by atoms with van der Waals surface area (Å²) in [7, 11) is 0. The van der Waals surface area contributed by atoms with Crippen molar-refractivity contribution in [3.05, 3.63) is 46.4 Å². The lowest BCUT2D eigenvalue weighted by molar-refractivity contribution is -0.131. The number of hydrogen-bond acceptors (Lipinski definition) is 4. The largest absolute Gasteiger partial charge is 0.342 e. The van der Waals surface area contributed by atoms with Crippen molar-refractivity contribution in [2.45, 2.75) is 12.8 Å². The average molecular weight is 368 g/mol. The van der Waals surface area contributed by atoms with Gasteiger partial charge in [-0.05, 0) is 30.4 Å². The van der Waals surface area contributed by atoms with E-state index in [0.717, 1.165) is 31.3 Å². The third-order valence-electron chi connectivity index (χ3n) is 5.46. The van der Waals surface area contributed by atoms with Crippen molar-refractivity contribution in [1.82, 2.24) is 19.7 Å². The molecule has 1 aromatic heterocycles. The van der Waals surface area contributed by atoms with Crippen LogP contribution >= 0.6 is 0 Å². The molecule has 0 spiro atoms. The molecule has 7 nitrogen and oxygen atoms in total. The lowest BCUT2D eigenvalue weighted by atomic mass is 10.1. The zero-order valence-corrected chi connectivity index (χ0v) is 15.3. The van der Waals surface area contributed by atoms with Gasteiger partial charge in [-0.1, -0.05) is 18.2 Å². The number of carbonyl (C=O) groups excluding carboxylic acids is 2. The summed E-state index contributed by atoms with van der Waals surface area (Å²) in [5.74, 6) is 0.0227. The number of H-pyrrole nitrogens is 1. The van der Waals surface area contributed by atoms with Gasteiger partial charge in [-0.3, -0.25) is 19.3 Å². The summed E-state index contributed by atoms with van der Waals surface area (Å²) in [6.45, 7) is 4.61. The Labute approximate surface area is 157 Å². The Morgan fingerprint density at radius 3 is 2.37 bits per heavy atom. The van der Waals surface area contributed by atoms with E-state index in [9.17, 15) is 14.4 Å². The van der Waals surface area contributed by atoms with Gasteiger partial charge in [-0.2, -0.15) is 0 Å². The van der Waals surface area contributed by atoms with Crippen molar-refractivity contribution in [2.24, 2.45) is 0 Å². The number of carbonyl (C=O) groups is 2. The summed E-state index contributed by atoms with van der Waals surface area (Å²) in [5.41, 5.74) is 0.0755. The fourth-order valence-electron chi connectivity index (χ4n) is 3.86. The number of aromatic nitrogens is 1. The standard InChI is InChI=1S/C20H24N4O3/c25-18(23-7-3-4-8-23)14-22-9-11-24(12-10-22)20(27)17-13-15-5-1-2-6-16(15)19(26)21-17/h1-2,5-6,13H,3-4,7-12,14H2,(H,21,26). The molecule has 3 heterocycles. The molecule has 4 rings (SSSR count). The number of rotatable bonds is 3. The molecule has 0 bridgehead atoms. The topological polar surface area (TPSA) is 76.7 Å². The molecule has 0 saturated carbocycles. The number of benzene rings is 1. The van der Waals surface area contributed by atoms with Gasteiger partial charge in [0.05, 0.1) is 6.54 Å². The predicted molar refractivity (Wildman–Crippen MR) is 103 cm³/mol. The monoisotopic (exact) mass is 368 g/mol. The van der Waals surface area contributed by atoms with Gasteiger partial charge in [-0.15, -0.1) is 0 Å². The van der Waals surface area contributed by atoms with E-state index in [-0.39, 0.29) is 17.4 Å². The molecule has 0 unspecified atom stereocenters. The van der Waals surface area contributed by atoms with E-state index in [4.69, 9.17) is 0 Å². The Morgan fingerprint density at radius 1 is 0.926 bits per heavy atom. The average Bonchev–Trinajstić information content (AvgIpc) is 3.23. The first-order valence-electron chi connectivity index (χ1n) is 9.53. The van der Waals surface area contributed by atoms with Crippen molar-refractivity contribution in [3.8, 4) is 0 Å². The molecule has 7 heteroatoms. The SMILES string of the molecule is O=C(CN1CCN(C(=O)c2cc3ccccc3c(=O)[nH]2)CC1)N1CCCC1. The number of fused-ring (bicyclic) bond motifs is 1. The van der Waals surface area contributed by atoms with E-state index in [1.165, 1.54) is 0 Å². The fraction of sp³-hybridized carbons (Fsp3) is 0.450. The molecule has 2 amide bonds. The zero-order chi connectivity index (χ0) is 18.8. The second kappa shape index (κ2) is 7.52. The van der Waals surface area contributed by atoms with Crippen molar-refractivity contribution in [1.29, 1.82) is 0 Å². The van der Waals surface area contributed by atoms with Crippen LogP contribution in [0.3, 0.4) is 0 Å². The van der Waals surface area contributed by atoms with Gasteiger partial charge in [0.15, 0.2) is 0 Å². The molecule has 2 aliphatic heterocycles. The lowest BCUT2D eigenvalue weighted by Gasteiger charge is -2.35. The van der Waals surface area contributed by atoms with Gasteiger partial charge in [0.2, 0.25) is 5.91 Å². The molecule has 27 heavy (non-hydrogen) atoms. The highest BCUT2D eigenvalue weighted by molar-refractivity contribution is 5.96. The van der Waals surface area contributed by atoms with Crippen molar-refractivity contribution in [2.75, 3.05) is 45.8 Å². The minimum Gasteiger partial charge on any atom is -0.342 e. The van der Waals surface area contributed by atoms with Crippen LogP contribution in [0.15, 0.2) is 35.1 Å². The first-order chi connectivity index (χ1) is 13.1. The smallest absolute Gasteiger partial charge is 0.270 e. The first-order valence-corrected chi connectivity index (χ1v) is 9.53. The zero-order valence-electron chi connectivity index (χ0n) is 15.3. The molecule has 2 aliphatic rings. The third-order valence-corrected chi connectivity index (χ3v) is 5.46. The van der Waals surface area contributed by atoms with Crippen LogP contribution in [0.1, 0.15) is 23.3 Å². The second-order valence-corrected chi connectivity index (χ2v) is 7.26. The van der Waals surface area contributed by atoms with Gasteiger partial charge in [-0.25, -0.2) is 0 Å². The highest BCUT2D eigenvalue weighted by atomic mass is 16.2. The van der Waals surface area contributed by atoms with Crippen LogP contribution in [0.5, 0.6) is 0 Å². The molecule has 0 aliphatic carbocycles. The molecule has 0 atom stereocenters. The van der Waals surface area contributed by atoms with Crippen molar-refractivity contribution >= 4 is 22.6 Å². The van der Waals surface area contributed by atoms with Gasteiger partial charge < -0.3 is 14.8 Å². The van der Waals surface area contributed by atoms with Crippen LogP contribution in [-0.4, -0.2) is 77.3 Å². The van der Waals surface area contributed by atoms with Crippen LogP contribution in [0.2, 0.25) is 0 Å². The van der Waals surface area contributed by atoms with E-state index in [0.29, 0.717) is 43.8 Å². The Balaban J connectivity index is 1.38. The van der Waals surface area contributed by atoms with Crippen molar-refractivity contribution < 1.29 is 9.59 Å². The van der Waals surface area contributed by atoms with Gasteiger partial charge in [0.1, 0.15) is 5.69 Å². The molecular weight excluding hydrogens is 344 g/mol. The van der Waals surface area contributed by atoms with Gasteiger partial charge in [0.25, 0.3) is 11.5 Å². The predicted octanol–water partition coefficient (Wildman–Crippen LogP) is 0.908. The summed E-state index contributed by atoms with van der Waals surface area (Å²) in [6, 6.07) is 8.98. The second-order valence-electron chi connectivity index (χ2n) is 7.26. The first kappa shape index (κ1) is 17.7. The normalized spacial score (nSPS) is 18.2. The molecule has 2 aromatic rings. The minimum atomic E-state index is -0.244. The summed E-state index contributed by atoms with van der Waals surface area (Å²) in [5, 5.41) is 1.35. The van der Waals surface area contributed by atoms with E-state index in [2.05, 4.69) is 9.88 Å². The Kier molecular flexibility index (Phi) is 4.94. The van der Waals surface area contributed by atoms with Crippen LogP contribution in [0.4, 0.5) is 0 Å². The highest BCUT2D eigenvalue weighted by Crippen LogP contribution is 2.13. The summed E-state index contributed by atoms with van der Waals surface area (Å²) in [4.78, 5) is 45.8. The molecule has 1 aromatic carbocycles. The molecule has 1 N–H and O–H groups in total. The fourth-order valence-corrected chi connectivity index (χ4v) is 3.86. The van der Waals surface area contributed by atoms with E-state index >= 15 is 0 Å². The molecule has 2 saturated heterocycles. The van der Waals surface area contributed by atoms with E-state index in [1.54, 1.807) is 17.0 Å². The molecular formula is C20H24N4O3. The summed E-state index contributed by atoms with van der Waals surface area (Å²) < 4.78 is 0. The van der Waals surface area contributed by atoms with Crippen LogP contribution in [0.25, 0.3) is 10.8 Å². The molecule has 0 radical (unpaired) electrons. The number of nitrogens with zero attached hydrogens (tertiary/aromatic N) is 3. The number of pyridine rings is 1. The summed E-state index contributed by atoms with van der Waals surface area (Å²) in [6.07, 6.45) is 2.19. The molecule has 142 valence electrons. The van der Waals surface area contributed by atoms with Crippen LogP contribution in [-0.2, 0) is 4.79 Å². The highest BCUT2D eigenvalue weighted by Gasteiger charge is 2.26. The maximum Gasteiger partial charge on any atom is 0.270 e. The quantitative estimate of drug-likeness (QED) is 0.874. The minimum absolute atomic E-state index is 0.164. The van der Waals surface area contributed by atoms with E-state index in [1.807, 2.05) is 23.1 Å². The number of aromatic amines is 1. The molecule has 2 fully saturated rings. The number of amides is 2. The Bertz CT molecular complexity index is 909. The third kappa shape index (κ3) is 3.73. The van der Waals surface area contributed by atoms with Crippen LogP contribution < -0.4 is 5.56 Å². The number of likely N-dealkylation sites (tertiary alicyclic amines) is 1.